The highest BCUT2D eigenvalue weighted by Crippen LogP contribution is 2.27. The molecule has 0 amide bonds. The molecule has 0 radical (unpaired) electrons. The van der Waals surface area contributed by atoms with Gasteiger partial charge in [-0.25, -0.2) is 8.42 Å². The Hall–Kier alpha value is -2.75. The molecule has 158 valence electrons. The Morgan fingerprint density at radius 3 is 2.50 bits per heavy atom. The Balaban J connectivity index is 1.53. The fourth-order valence-electron chi connectivity index (χ4n) is 3.30. The highest BCUT2D eigenvalue weighted by atomic mass is 32.2. The second-order valence-electron chi connectivity index (χ2n) is 7.17. The zero-order valence-corrected chi connectivity index (χ0v) is 17.8. The molecule has 1 aliphatic heterocycles. The number of aryl methyl sites for hydroxylation is 2. The molecule has 0 atom stereocenters. The summed E-state index contributed by atoms with van der Waals surface area (Å²) >= 11 is 0. The van der Waals surface area contributed by atoms with Crippen molar-refractivity contribution in [2.45, 2.75) is 25.3 Å². The minimum absolute atomic E-state index is 0.291. The lowest BCUT2D eigenvalue weighted by Gasteiger charge is -2.26. The van der Waals surface area contributed by atoms with Crippen molar-refractivity contribution in [1.29, 1.82) is 0 Å². The van der Waals surface area contributed by atoms with Gasteiger partial charge in [0.25, 0.3) is 0 Å². The summed E-state index contributed by atoms with van der Waals surface area (Å²) < 4.78 is 38.4. The molecule has 3 heterocycles. The molecule has 8 nitrogen and oxygen atoms in total. The van der Waals surface area contributed by atoms with Gasteiger partial charge in [0.15, 0.2) is 0 Å². The second-order valence-corrected chi connectivity index (χ2v) is 9.07. The molecule has 1 N–H and O–H groups in total. The maximum Gasteiger partial charge on any atom is 0.243 e. The van der Waals surface area contributed by atoms with E-state index in [0.717, 1.165) is 11.5 Å². The Bertz CT molecular complexity index is 1120. The number of hydrogen-bond donors (Lipinski definition) is 1. The van der Waals surface area contributed by atoms with Crippen LogP contribution >= 0.6 is 0 Å². The van der Waals surface area contributed by atoms with E-state index in [2.05, 4.69) is 15.5 Å². The predicted molar refractivity (Wildman–Crippen MR) is 113 cm³/mol. The molecule has 3 aromatic rings. The van der Waals surface area contributed by atoms with Crippen molar-refractivity contribution in [1.82, 2.24) is 14.5 Å². The highest BCUT2D eigenvalue weighted by Gasteiger charge is 2.28. The van der Waals surface area contributed by atoms with Crippen LogP contribution in [0, 0.1) is 13.8 Å². The van der Waals surface area contributed by atoms with Crippen molar-refractivity contribution in [2.75, 3.05) is 31.6 Å². The lowest BCUT2D eigenvalue weighted by atomic mass is 10.1. The second kappa shape index (κ2) is 8.55. The first-order valence-corrected chi connectivity index (χ1v) is 11.2. The number of hydrogen-bond acceptors (Lipinski definition) is 7. The van der Waals surface area contributed by atoms with Crippen LogP contribution in [0.3, 0.4) is 0 Å². The molecule has 30 heavy (non-hydrogen) atoms. The van der Waals surface area contributed by atoms with E-state index >= 15 is 0 Å². The molecule has 1 aliphatic rings. The fourth-order valence-corrected chi connectivity index (χ4v) is 4.96. The summed E-state index contributed by atoms with van der Waals surface area (Å²) in [5, 5.41) is 11.6. The van der Waals surface area contributed by atoms with Gasteiger partial charge < -0.3 is 14.5 Å². The van der Waals surface area contributed by atoms with Crippen LogP contribution in [-0.4, -0.2) is 49.2 Å². The lowest BCUT2D eigenvalue weighted by Crippen LogP contribution is -2.40. The van der Waals surface area contributed by atoms with Crippen molar-refractivity contribution in [3.05, 3.63) is 59.5 Å². The van der Waals surface area contributed by atoms with E-state index in [1.54, 1.807) is 19.1 Å². The van der Waals surface area contributed by atoms with Gasteiger partial charge in [0.1, 0.15) is 17.3 Å². The predicted octanol–water partition coefficient (Wildman–Crippen LogP) is 2.99. The van der Waals surface area contributed by atoms with Gasteiger partial charge >= 0.3 is 0 Å². The molecule has 2 aromatic heterocycles. The van der Waals surface area contributed by atoms with E-state index in [9.17, 15) is 8.42 Å². The molecule has 9 heteroatoms. The van der Waals surface area contributed by atoms with Gasteiger partial charge in [-0.15, -0.1) is 10.2 Å². The van der Waals surface area contributed by atoms with Crippen molar-refractivity contribution < 1.29 is 17.6 Å². The van der Waals surface area contributed by atoms with E-state index in [1.165, 1.54) is 4.31 Å². The quantitative estimate of drug-likeness (QED) is 0.644. The van der Waals surface area contributed by atoms with Crippen molar-refractivity contribution >= 4 is 15.8 Å². The number of aromatic nitrogens is 2. The normalized spacial score (nSPS) is 15.3. The molecule has 1 fully saturated rings. The summed E-state index contributed by atoms with van der Waals surface area (Å²) in [5.41, 5.74) is 2.01. The zero-order chi connectivity index (χ0) is 21.1. The Morgan fingerprint density at radius 2 is 1.83 bits per heavy atom. The number of anilines is 1. The number of rotatable bonds is 6. The zero-order valence-electron chi connectivity index (χ0n) is 17.0. The SMILES string of the molecule is Cc1ccc(CNc2ccc(-c3ccc(C)c(S(=O)(=O)N4CCOCC4)c3)nn2)o1. The maximum atomic E-state index is 13.1. The molecule has 1 saturated heterocycles. The van der Waals surface area contributed by atoms with Gasteiger partial charge in [-0.3, -0.25) is 0 Å². The maximum absolute atomic E-state index is 13.1. The van der Waals surface area contributed by atoms with Crippen LogP contribution in [0.4, 0.5) is 5.82 Å². The molecule has 1 aromatic carbocycles. The fraction of sp³-hybridized carbons (Fsp3) is 0.333. The molecule has 0 spiro atoms. The number of sulfonamides is 1. The van der Waals surface area contributed by atoms with Gasteiger partial charge in [0.05, 0.1) is 30.3 Å². The van der Waals surface area contributed by atoms with Crippen LogP contribution in [0.25, 0.3) is 11.3 Å². The first-order chi connectivity index (χ1) is 14.4. The third kappa shape index (κ3) is 4.38. The number of furan rings is 1. The van der Waals surface area contributed by atoms with Gasteiger partial charge in [0, 0.05) is 18.7 Å². The van der Waals surface area contributed by atoms with Gasteiger partial charge in [-0.1, -0.05) is 12.1 Å². The highest BCUT2D eigenvalue weighted by molar-refractivity contribution is 7.89. The molecule has 4 rings (SSSR count). The number of nitrogens with zero attached hydrogens (tertiary/aromatic N) is 3. The average Bonchev–Trinajstić information content (AvgIpc) is 3.19. The smallest absolute Gasteiger partial charge is 0.243 e. The van der Waals surface area contributed by atoms with Crippen molar-refractivity contribution in [3.8, 4) is 11.3 Å². The summed E-state index contributed by atoms with van der Waals surface area (Å²) in [6, 6.07) is 12.8. The van der Waals surface area contributed by atoms with Crippen LogP contribution in [0.15, 0.2) is 51.8 Å². The minimum atomic E-state index is -3.59. The molecule has 0 saturated carbocycles. The molecular weight excluding hydrogens is 404 g/mol. The molecule has 0 bridgehead atoms. The van der Waals surface area contributed by atoms with Crippen molar-refractivity contribution in [2.24, 2.45) is 0 Å². The third-order valence-corrected chi connectivity index (χ3v) is 7.02. The van der Waals surface area contributed by atoms with Crippen LogP contribution in [0.1, 0.15) is 17.1 Å². The number of morpholine rings is 1. The number of ether oxygens (including phenoxy) is 1. The molecule has 0 aliphatic carbocycles. The molecule has 0 unspecified atom stereocenters. The average molecular weight is 429 g/mol. The van der Waals surface area contributed by atoms with Gasteiger partial charge in [0.2, 0.25) is 10.0 Å². The van der Waals surface area contributed by atoms with E-state index in [1.807, 2.05) is 37.3 Å². The topological polar surface area (TPSA) is 97.6 Å². The summed E-state index contributed by atoms with van der Waals surface area (Å²) in [4.78, 5) is 0.291. The number of benzene rings is 1. The van der Waals surface area contributed by atoms with Crippen LogP contribution < -0.4 is 5.32 Å². The summed E-state index contributed by atoms with van der Waals surface area (Å²) in [5.74, 6) is 2.28. The van der Waals surface area contributed by atoms with Crippen LogP contribution in [-0.2, 0) is 21.3 Å². The largest absolute Gasteiger partial charge is 0.465 e. The minimum Gasteiger partial charge on any atom is -0.465 e. The standard InChI is InChI=1S/C21H24N4O4S/c1-15-3-5-17(13-20(15)30(26,27)25-9-11-28-12-10-25)19-7-8-21(24-23-19)22-14-18-6-4-16(2)29-18/h3-8,13H,9-12,14H2,1-2H3,(H,22,24). The Morgan fingerprint density at radius 1 is 1.03 bits per heavy atom. The first-order valence-electron chi connectivity index (χ1n) is 9.75. The first kappa shape index (κ1) is 20.5. The summed E-state index contributed by atoms with van der Waals surface area (Å²) in [7, 11) is -3.59. The lowest BCUT2D eigenvalue weighted by molar-refractivity contribution is 0.0730. The third-order valence-electron chi connectivity index (χ3n) is 4.98. The van der Waals surface area contributed by atoms with E-state index in [-0.39, 0.29) is 0 Å². The monoisotopic (exact) mass is 428 g/mol. The van der Waals surface area contributed by atoms with Crippen molar-refractivity contribution in [3.63, 3.8) is 0 Å². The van der Waals surface area contributed by atoms with Crippen LogP contribution in [0.5, 0.6) is 0 Å². The van der Waals surface area contributed by atoms with E-state index in [0.29, 0.717) is 60.4 Å². The Kier molecular flexibility index (Phi) is 5.85. The molecular formula is C21H24N4O4S. The van der Waals surface area contributed by atoms with E-state index in [4.69, 9.17) is 9.15 Å². The van der Waals surface area contributed by atoms with Gasteiger partial charge in [-0.05, 0) is 49.7 Å². The number of nitrogens with one attached hydrogen (secondary N) is 1. The summed E-state index contributed by atoms with van der Waals surface area (Å²) in [6.07, 6.45) is 0. The Labute approximate surface area is 175 Å². The van der Waals surface area contributed by atoms with Gasteiger partial charge in [-0.2, -0.15) is 4.31 Å². The van der Waals surface area contributed by atoms with E-state index < -0.39 is 10.0 Å². The van der Waals surface area contributed by atoms with Crippen LogP contribution in [0.2, 0.25) is 0 Å². The summed E-state index contributed by atoms with van der Waals surface area (Å²) in [6.45, 7) is 5.75.